The lowest BCUT2D eigenvalue weighted by molar-refractivity contribution is 0.0912. The van der Waals surface area contributed by atoms with Crippen LogP contribution in [0.5, 0.6) is 11.5 Å². The van der Waals surface area contributed by atoms with Gasteiger partial charge in [-0.2, -0.15) is 0 Å². The third-order valence-electron chi connectivity index (χ3n) is 4.50. The molecule has 1 unspecified atom stereocenters. The van der Waals surface area contributed by atoms with Gasteiger partial charge in [0.1, 0.15) is 6.61 Å². The van der Waals surface area contributed by atoms with E-state index in [1.54, 1.807) is 0 Å². The second-order valence-corrected chi connectivity index (χ2v) is 5.95. The van der Waals surface area contributed by atoms with Crippen LogP contribution in [0.15, 0.2) is 42.5 Å². The van der Waals surface area contributed by atoms with Crippen molar-refractivity contribution >= 4 is 0 Å². The highest BCUT2D eigenvalue weighted by molar-refractivity contribution is 5.42. The smallest absolute Gasteiger partial charge is 0.162 e. The molecule has 2 heteroatoms. The van der Waals surface area contributed by atoms with Gasteiger partial charge in [-0.05, 0) is 54.5 Å². The summed E-state index contributed by atoms with van der Waals surface area (Å²) in [7, 11) is 0. The molecule has 2 nitrogen and oxygen atoms in total. The van der Waals surface area contributed by atoms with Crippen molar-refractivity contribution < 1.29 is 9.47 Å². The van der Waals surface area contributed by atoms with Gasteiger partial charge in [0.2, 0.25) is 0 Å². The topological polar surface area (TPSA) is 18.5 Å². The molecule has 21 heavy (non-hydrogen) atoms. The summed E-state index contributed by atoms with van der Waals surface area (Å²) < 4.78 is 11.9. The molecule has 0 aromatic heterocycles. The fourth-order valence-corrected chi connectivity index (χ4v) is 3.31. The molecule has 0 radical (unpaired) electrons. The Morgan fingerprint density at radius 2 is 1.62 bits per heavy atom. The van der Waals surface area contributed by atoms with E-state index in [0.717, 1.165) is 11.5 Å². The number of aryl methyl sites for hydroxylation is 2. The molecule has 4 rings (SSSR count). The maximum absolute atomic E-state index is 6.12. The summed E-state index contributed by atoms with van der Waals surface area (Å²) in [6.45, 7) is 0.593. The molecular weight excluding hydrogens is 260 g/mol. The van der Waals surface area contributed by atoms with Crippen LogP contribution in [0.4, 0.5) is 0 Å². The van der Waals surface area contributed by atoms with Crippen LogP contribution in [0.25, 0.3) is 0 Å². The molecule has 2 aliphatic rings. The van der Waals surface area contributed by atoms with Crippen LogP contribution in [-0.2, 0) is 12.8 Å². The van der Waals surface area contributed by atoms with E-state index in [0.29, 0.717) is 6.61 Å². The maximum Gasteiger partial charge on any atom is 0.162 e. The number of ether oxygens (including phenoxy) is 2. The number of benzene rings is 2. The summed E-state index contributed by atoms with van der Waals surface area (Å²) in [4.78, 5) is 0. The Kier molecular flexibility index (Phi) is 3.30. The maximum atomic E-state index is 6.12. The Hall–Kier alpha value is -1.96. The van der Waals surface area contributed by atoms with Crippen LogP contribution in [0.2, 0.25) is 0 Å². The monoisotopic (exact) mass is 280 g/mol. The van der Waals surface area contributed by atoms with E-state index >= 15 is 0 Å². The summed E-state index contributed by atoms with van der Waals surface area (Å²) in [6, 6.07) is 14.7. The summed E-state index contributed by atoms with van der Waals surface area (Å²) in [5.74, 6) is 1.70. The van der Waals surface area contributed by atoms with Gasteiger partial charge in [-0.3, -0.25) is 0 Å². The largest absolute Gasteiger partial charge is 0.485 e. The highest BCUT2D eigenvalue weighted by Crippen LogP contribution is 2.36. The third-order valence-corrected chi connectivity index (χ3v) is 4.50. The molecule has 1 aliphatic heterocycles. The Morgan fingerprint density at radius 3 is 2.52 bits per heavy atom. The van der Waals surface area contributed by atoms with Crippen LogP contribution in [0, 0.1) is 0 Å². The molecule has 2 aromatic carbocycles. The van der Waals surface area contributed by atoms with E-state index in [1.807, 2.05) is 24.3 Å². The van der Waals surface area contributed by atoms with E-state index in [1.165, 1.54) is 48.8 Å². The van der Waals surface area contributed by atoms with Gasteiger partial charge in [-0.15, -0.1) is 0 Å². The number of fused-ring (bicyclic) bond motifs is 2. The van der Waals surface area contributed by atoms with Crippen LogP contribution < -0.4 is 9.47 Å². The Bertz CT molecular complexity index is 648. The molecule has 0 fully saturated rings. The minimum absolute atomic E-state index is 0.00783. The molecule has 0 N–H and O–H groups in total. The third kappa shape index (κ3) is 2.51. The second-order valence-electron chi connectivity index (χ2n) is 5.95. The fourth-order valence-electron chi connectivity index (χ4n) is 3.31. The quantitative estimate of drug-likeness (QED) is 0.718. The summed E-state index contributed by atoms with van der Waals surface area (Å²) >= 11 is 0. The number of rotatable bonds is 1. The van der Waals surface area contributed by atoms with Crippen LogP contribution in [0.3, 0.4) is 0 Å². The predicted molar refractivity (Wildman–Crippen MR) is 83.0 cm³/mol. The minimum Gasteiger partial charge on any atom is -0.485 e. The molecule has 0 saturated carbocycles. The molecule has 1 aliphatic carbocycles. The normalized spacial score (nSPS) is 20.5. The lowest BCUT2D eigenvalue weighted by Crippen LogP contribution is -2.21. The minimum atomic E-state index is 0.00783. The number of hydrogen-bond acceptors (Lipinski definition) is 2. The van der Waals surface area contributed by atoms with Crippen molar-refractivity contribution in [2.45, 2.75) is 38.2 Å². The van der Waals surface area contributed by atoms with E-state index in [-0.39, 0.29) is 6.10 Å². The molecule has 0 bridgehead atoms. The first-order valence-electron chi connectivity index (χ1n) is 7.90. The lowest BCUT2D eigenvalue weighted by Gasteiger charge is -2.27. The van der Waals surface area contributed by atoms with Crippen molar-refractivity contribution in [1.29, 1.82) is 0 Å². The van der Waals surface area contributed by atoms with Gasteiger partial charge in [-0.1, -0.05) is 36.8 Å². The van der Waals surface area contributed by atoms with Gasteiger partial charge in [0.15, 0.2) is 17.6 Å². The van der Waals surface area contributed by atoms with Gasteiger partial charge >= 0.3 is 0 Å². The zero-order valence-corrected chi connectivity index (χ0v) is 12.2. The Morgan fingerprint density at radius 1 is 0.810 bits per heavy atom. The fraction of sp³-hybridized carbons (Fsp3) is 0.368. The SMILES string of the molecule is c1ccc2c(c1)OCC(c1ccc3c(c1)CCCCC3)O2. The lowest BCUT2D eigenvalue weighted by atomic mass is 9.97. The second kappa shape index (κ2) is 5.44. The van der Waals surface area contributed by atoms with Gasteiger partial charge in [0.05, 0.1) is 0 Å². The molecule has 0 saturated heterocycles. The van der Waals surface area contributed by atoms with Gasteiger partial charge in [-0.25, -0.2) is 0 Å². The zero-order chi connectivity index (χ0) is 14.1. The molecule has 0 amide bonds. The van der Waals surface area contributed by atoms with Crippen molar-refractivity contribution in [1.82, 2.24) is 0 Å². The predicted octanol–water partition coefficient (Wildman–Crippen LogP) is 4.47. The van der Waals surface area contributed by atoms with Crippen LogP contribution in [-0.4, -0.2) is 6.61 Å². The number of hydrogen-bond donors (Lipinski definition) is 0. The summed E-state index contributed by atoms with van der Waals surface area (Å²) in [5.41, 5.74) is 4.27. The average Bonchev–Trinajstić information content (AvgIpc) is 2.79. The van der Waals surface area contributed by atoms with Gasteiger partial charge in [0, 0.05) is 0 Å². The summed E-state index contributed by atoms with van der Waals surface area (Å²) in [6.07, 6.45) is 6.41. The van der Waals surface area contributed by atoms with Crippen molar-refractivity contribution in [3.8, 4) is 11.5 Å². The number of para-hydroxylation sites is 2. The molecular formula is C19H20O2. The Labute approximate surface area is 125 Å². The van der Waals surface area contributed by atoms with Crippen molar-refractivity contribution in [2.75, 3.05) is 6.61 Å². The van der Waals surface area contributed by atoms with E-state index < -0.39 is 0 Å². The molecule has 0 spiro atoms. The van der Waals surface area contributed by atoms with Crippen LogP contribution >= 0.6 is 0 Å². The molecule has 108 valence electrons. The standard InChI is InChI=1S/C19H20O2/c1-2-6-14-10-11-16(12-15(14)7-3-1)19-13-20-17-8-4-5-9-18(17)21-19/h4-5,8-12,19H,1-3,6-7,13H2. The van der Waals surface area contributed by atoms with Gasteiger partial charge < -0.3 is 9.47 Å². The highest BCUT2D eigenvalue weighted by Gasteiger charge is 2.23. The first kappa shape index (κ1) is 12.8. The zero-order valence-electron chi connectivity index (χ0n) is 12.2. The van der Waals surface area contributed by atoms with Crippen LogP contribution in [0.1, 0.15) is 42.1 Å². The highest BCUT2D eigenvalue weighted by atomic mass is 16.6. The van der Waals surface area contributed by atoms with E-state index in [4.69, 9.17) is 9.47 Å². The average molecular weight is 280 g/mol. The van der Waals surface area contributed by atoms with Crippen molar-refractivity contribution in [2.24, 2.45) is 0 Å². The van der Waals surface area contributed by atoms with Crippen molar-refractivity contribution in [3.63, 3.8) is 0 Å². The summed E-state index contributed by atoms with van der Waals surface area (Å²) in [5, 5.41) is 0. The first-order chi connectivity index (χ1) is 10.4. The molecule has 1 atom stereocenters. The molecule has 1 heterocycles. The van der Waals surface area contributed by atoms with Crippen molar-refractivity contribution in [3.05, 3.63) is 59.2 Å². The van der Waals surface area contributed by atoms with Gasteiger partial charge in [0.25, 0.3) is 0 Å². The van der Waals surface area contributed by atoms with E-state index in [2.05, 4.69) is 18.2 Å². The first-order valence-corrected chi connectivity index (χ1v) is 7.90. The Balaban J connectivity index is 1.61. The van der Waals surface area contributed by atoms with E-state index in [9.17, 15) is 0 Å². The molecule has 2 aromatic rings.